The number of hydrogen-bond acceptors (Lipinski definition) is 4. The van der Waals surface area contributed by atoms with Gasteiger partial charge in [0.25, 0.3) is 0 Å². The van der Waals surface area contributed by atoms with E-state index in [1.165, 1.54) is 32.5 Å². The molecule has 2 N–H and O–H groups in total. The third-order valence-electron chi connectivity index (χ3n) is 4.86. The molecule has 0 bridgehead atoms. The first-order valence-electron chi connectivity index (χ1n) is 7.46. The summed E-state index contributed by atoms with van der Waals surface area (Å²) in [5, 5.41) is 0. The van der Waals surface area contributed by atoms with Gasteiger partial charge < -0.3 is 15.4 Å². The summed E-state index contributed by atoms with van der Waals surface area (Å²) in [5.74, 6) is 0.611. The molecule has 2 aliphatic rings. The third-order valence-corrected chi connectivity index (χ3v) is 4.86. The largest absolute Gasteiger partial charge is 0.381 e. The molecular formula is C14H29N3O. The van der Waals surface area contributed by atoms with E-state index < -0.39 is 0 Å². The Morgan fingerprint density at radius 3 is 2.50 bits per heavy atom. The maximum atomic E-state index is 6.10. The normalized spacial score (nSPS) is 30.5. The second-order valence-electron chi connectivity index (χ2n) is 5.95. The van der Waals surface area contributed by atoms with Gasteiger partial charge in [-0.1, -0.05) is 6.92 Å². The first-order valence-corrected chi connectivity index (χ1v) is 7.46. The Balaban J connectivity index is 1.92. The number of rotatable bonds is 5. The quantitative estimate of drug-likeness (QED) is 0.788. The summed E-state index contributed by atoms with van der Waals surface area (Å²) in [4.78, 5) is 5.18. The molecule has 0 aliphatic carbocycles. The van der Waals surface area contributed by atoms with Crippen LogP contribution in [-0.2, 0) is 4.74 Å². The average Bonchev–Trinajstić information content (AvgIpc) is 2.93. The SMILES string of the molecule is CCCN1CCN(C(C)(CN)C2CCOC2)CC1. The van der Waals surface area contributed by atoms with Crippen molar-refractivity contribution >= 4 is 0 Å². The van der Waals surface area contributed by atoms with E-state index >= 15 is 0 Å². The molecule has 2 saturated heterocycles. The van der Waals surface area contributed by atoms with Crippen LogP contribution in [-0.4, -0.2) is 67.8 Å². The molecule has 2 heterocycles. The number of ether oxygens (including phenoxy) is 1. The first-order chi connectivity index (χ1) is 8.70. The van der Waals surface area contributed by atoms with Crippen molar-refractivity contribution < 1.29 is 4.74 Å². The lowest BCUT2D eigenvalue weighted by atomic mass is 9.82. The summed E-state index contributed by atoms with van der Waals surface area (Å²) in [6, 6.07) is 0. The summed E-state index contributed by atoms with van der Waals surface area (Å²) >= 11 is 0. The van der Waals surface area contributed by atoms with Crippen LogP contribution in [0.5, 0.6) is 0 Å². The van der Waals surface area contributed by atoms with Gasteiger partial charge >= 0.3 is 0 Å². The highest BCUT2D eigenvalue weighted by Gasteiger charge is 2.41. The van der Waals surface area contributed by atoms with E-state index in [0.29, 0.717) is 5.92 Å². The predicted molar refractivity (Wildman–Crippen MR) is 74.7 cm³/mol. The molecule has 0 spiro atoms. The standard InChI is InChI=1S/C14H29N3O/c1-3-5-16-6-8-17(9-7-16)14(2,12-15)13-4-10-18-11-13/h13H,3-12,15H2,1-2H3. The molecule has 4 nitrogen and oxygen atoms in total. The van der Waals surface area contributed by atoms with Crippen LogP contribution < -0.4 is 5.73 Å². The van der Waals surface area contributed by atoms with Gasteiger partial charge in [0.1, 0.15) is 0 Å². The Bertz CT molecular complexity index is 247. The summed E-state index contributed by atoms with van der Waals surface area (Å²) in [6.07, 6.45) is 2.42. The summed E-state index contributed by atoms with van der Waals surface area (Å²) in [6.45, 7) is 13.1. The van der Waals surface area contributed by atoms with Crippen molar-refractivity contribution in [2.24, 2.45) is 11.7 Å². The van der Waals surface area contributed by atoms with Crippen molar-refractivity contribution in [3.05, 3.63) is 0 Å². The van der Waals surface area contributed by atoms with E-state index in [1.54, 1.807) is 0 Å². The number of nitrogens with two attached hydrogens (primary N) is 1. The fraction of sp³-hybridized carbons (Fsp3) is 1.00. The molecule has 0 aromatic rings. The van der Waals surface area contributed by atoms with Gasteiger partial charge in [-0.15, -0.1) is 0 Å². The third kappa shape index (κ3) is 2.87. The molecule has 0 radical (unpaired) electrons. The first kappa shape index (κ1) is 14.3. The lowest BCUT2D eigenvalue weighted by Gasteiger charge is -2.48. The van der Waals surface area contributed by atoms with Gasteiger partial charge in [0.05, 0.1) is 6.61 Å². The van der Waals surface area contributed by atoms with E-state index in [2.05, 4.69) is 23.6 Å². The molecule has 0 aromatic carbocycles. The van der Waals surface area contributed by atoms with E-state index in [-0.39, 0.29) is 5.54 Å². The van der Waals surface area contributed by atoms with E-state index in [4.69, 9.17) is 10.5 Å². The highest BCUT2D eigenvalue weighted by atomic mass is 16.5. The number of nitrogens with zero attached hydrogens (tertiary/aromatic N) is 2. The molecule has 2 rings (SSSR count). The monoisotopic (exact) mass is 255 g/mol. The maximum absolute atomic E-state index is 6.10. The van der Waals surface area contributed by atoms with Crippen LogP contribution in [0.2, 0.25) is 0 Å². The molecule has 106 valence electrons. The van der Waals surface area contributed by atoms with Crippen molar-refractivity contribution in [2.45, 2.75) is 32.2 Å². The highest BCUT2D eigenvalue weighted by molar-refractivity contribution is 4.97. The zero-order valence-corrected chi connectivity index (χ0v) is 12.0. The minimum Gasteiger partial charge on any atom is -0.381 e. The molecule has 2 aliphatic heterocycles. The van der Waals surface area contributed by atoms with Crippen LogP contribution in [0.3, 0.4) is 0 Å². The topological polar surface area (TPSA) is 41.7 Å². The van der Waals surface area contributed by atoms with E-state index in [9.17, 15) is 0 Å². The average molecular weight is 255 g/mol. The van der Waals surface area contributed by atoms with E-state index in [1.807, 2.05) is 0 Å². The molecule has 2 fully saturated rings. The smallest absolute Gasteiger partial charge is 0.0513 e. The molecule has 0 saturated carbocycles. The van der Waals surface area contributed by atoms with Gasteiger partial charge in [0, 0.05) is 50.8 Å². The van der Waals surface area contributed by atoms with Crippen LogP contribution in [0.1, 0.15) is 26.7 Å². The predicted octanol–water partition coefficient (Wildman–Crippen LogP) is 0.768. The Kier molecular flexibility index (Phi) is 5.01. The molecule has 2 unspecified atom stereocenters. The zero-order valence-electron chi connectivity index (χ0n) is 12.0. The Hall–Kier alpha value is -0.160. The maximum Gasteiger partial charge on any atom is 0.0513 e. The lowest BCUT2D eigenvalue weighted by molar-refractivity contribution is 0.00655. The molecule has 0 aromatic heterocycles. The van der Waals surface area contributed by atoms with Crippen LogP contribution in [0.15, 0.2) is 0 Å². The second kappa shape index (κ2) is 6.33. The Labute approximate surface area is 111 Å². The van der Waals surface area contributed by atoms with Gasteiger partial charge in [-0.05, 0) is 26.3 Å². The Morgan fingerprint density at radius 2 is 2.00 bits per heavy atom. The molecule has 18 heavy (non-hydrogen) atoms. The fourth-order valence-corrected chi connectivity index (χ4v) is 3.38. The minimum atomic E-state index is 0.134. The van der Waals surface area contributed by atoms with Crippen LogP contribution in [0, 0.1) is 5.92 Å². The van der Waals surface area contributed by atoms with E-state index in [0.717, 1.165) is 32.8 Å². The van der Waals surface area contributed by atoms with Crippen molar-refractivity contribution in [3.63, 3.8) is 0 Å². The van der Waals surface area contributed by atoms with Gasteiger partial charge in [0.15, 0.2) is 0 Å². The zero-order chi connectivity index (χ0) is 13.0. The van der Waals surface area contributed by atoms with Crippen molar-refractivity contribution in [2.75, 3.05) is 52.5 Å². The molecule has 4 heteroatoms. The summed E-state index contributed by atoms with van der Waals surface area (Å²) < 4.78 is 5.56. The van der Waals surface area contributed by atoms with Crippen molar-refractivity contribution in [1.29, 1.82) is 0 Å². The fourth-order valence-electron chi connectivity index (χ4n) is 3.38. The van der Waals surface area contributed by atoms with Crippen LogP contribution in [0.25, 0.3) is 0 Å². The van der Waals surface area contributed by atoms with Gasteiger partial charge in [-0.3, -0.25) is 4.90 Å². The number of piperazine rings is 1. The highest BCUT2D eigenvalue weighted by Crippen LogP contribution is 2.31. The summed E-state index contributed by atoms with van der Waals surface area (Å²) in [7, 11) is 0. The van der Waals surface area contributed by atoms with Crippen molar-refractivity contribution in [1.82, 2.24) is 9.80 Å². The van der Waals surface area contributed by atoms with Gasteiger partial charge in [-0.2, -0.15) is 0 Å². The molecule has 2 atom stereocenters. The molecule has 0 amide bonds. The van der Waals surface area contributed by atoms with Crippen molar-refractivity contribution in [3.8, 4) is 0 Å². The summed E-state index contributed by atoms with van der Waals surface area (Å²) in [5.41, 5.74) is 6.23. The van der Waals surface area contributed by atoms with Gasteiger partial charge in [0.2, 0.25) is 0 Å². The van der Waals surface area contributed by atoms with Crippen LogP contribution >= 0.6 is 0 Å². The minimum absolute atomic E-state index is 0.134. The Morgan fingerprint density at radius 1 is 1.28 bits per heavy atom. The lowest BCUT2D eigenvalue weighted by Crippen LogP contribution is -2.62. The molecular weight excluding hydrogens is 226 g/mol. The van der Waals surface area contributed by atoms with Gasteiger partial charge in [-0.25, -0.2) is 0 Å². The van der Waals surface area contributed by atoms with Crippen LogP contribution in [0.4, 0.5) is 0 Å². The second-order valence-corrected chi connectivity index (χ2v) is 5.95. The number of hydrogen-bond donors (Lipinski definition) is 1.